The van der Waals surface area contributed by atoms with E-state index in [0.717, 1.165) is 39.6 Å². The van der Waals surface area contributed by atoms with Crippen LogP contribution < -0.4 is 9.47 Å². The van der Waals surface area contributed by atoms with Crippen LogP contribution in [0.1, 0.15) is 38.8 Å². The first-order chi connectivity index (χ1) is 15.0. The van der Waals surface area contributed by atoms with Crippen LogP contribution in [-0.4, -0.2) is 37.0 Å². The summed E-state index contributed by atoms with van der Waals surface area (Å²) in [6.45, 7) is 1.75. The minimum Gasteiger partial charge on any atom is -0.507 e. The van der Waals surface area contributed by atoms with Crippen LogP contribution in [0.15, 0.2) is 70.6 Å². The smallest absolute Gasteiger partial charge is 0.166 e. The van der Waals surface area contributed by atoms with Crippen LogP contribution in [0.4, 0.5) is 0 Å². The molecule has 1 N–H and O–H groups in total. The van der Waals surface area contributed by atoms with Gasteiger partial charge in [-0.1, -0.05) is 0 Å². The van der Waals surface area contributed by atoms with Gasteiger partial charge < -0.3 is 14.6 Å². The topological polar surface area (TPSA) is 80.5 Å². The molecule has 4 rings (SSSR count). The SMILES string of the molecule is COc1ccc(C2=NC(c3cc(C)c(O)c(C=O)c3)N=C2c2ccc(OC)cc2)cc1. The van der Waals surface area contributed by atoms with Crippen molar-refractivity contribution in [2.24, 2.45) is 9.98 Å². The van der Waals surface area contributed by atoms with Gasteiger partial charge in [-0.2, -0.15) is 0 Å². The van der Waals surface area contributed by atoms with E-state index in [1.165, 1.54) is 0 Å². The molecule has 1 heterocycles. The molecule has 1 aliphatic rings. The largest absolute Gasteiger partial charge is 0.507 e. The van der Waals surface area contributed by atoms with Gasteiger partial charge >= 0.3 is 0 Å². The van der Waals surface area contributed by atoms with Crippen LogP contribution in [0.5, 0.6) is 17.2 Å². The Morgan fingerprint density at radius 2 is 1.32 bits per heavy atom. The van der Waals surface area contributed by atoms with Crippen molar-refractivity contribution in [1.29, 1.82) is 0 Å². The number of aldehydes is 1. The van der Waals surface area contributed by atoms with E-state index in [0.29, 0.717) is 11.8 Å². The van der Waals surface area contributed by atoms with Gasteiger partial charge in [0.1, 0.15) is 17.2 Å². The third-order valence-corrected chi connectivity index (χ3v) is 5.23. The van der Waals surface area contributed by atoms with Crippen molar-refractivity contribution < 1.29 is 19.4 Å². The lowest BCUT2D eigenvalue weighted by Gasteiger charge is -2.09. The normalized spacial score (nSPS) is 13.5. The van der Waals surface area contributed by atoms with E-state index in [1.54, 1.807) is 27.2 Å². The van der Waals surface area contributed by atoms with Gasteiger partial charge in [0, 0.05) is 11.1 Å². The van der Waals surface area contributed by atoms with Gasteiger partial charge in [0.05, 0.1) is 31.2 Å². The van der Waals surface area contributed by atoms with Crippen molar-refractivity contribution in [3.8, 4) is 17.2 Å². The lowest BCUT2D eigenvalue weighted by atomic mass is 10.00. The molecule has 0 aromatic heterocycles. The standard InChI is InChI=1S/C25H22N2O4/c1-15-12-18(13-19(14-28)24(15)29)25-26-22(16-4-8-20(30-2)9-5-16)23(27-25)17-6-10-21(31-3)11-7-17/h4-14,25,29H,1-3H3. The molecule has 0 aliphatic carbocycles. The van der Waals surface area contributed by atoms with Crippen molar-refractivity contribution in [3.05, 3.63) is 88.5 Å². The molecule has 31 heavy (non-hydrogen) atoms. The lowest BCUT2D eigenvalue weighted by Crippen LogP contribution is -2.13. The third kappa shape index (κ3) is 3.92. The maximum atomic E-state index is 11.4. The van der Waals surface area contributed by atoms with Crippen molar-refractivity contribution in [2.45, 2.75) is 13.1 Å². The molecule has 0 radical (unpaired) electrons. The van der Waals surface area contributed by atoms with Crippen LogP contribution in [-0.2, 0) is 0 Å². The minimum atomic E-state index is -0.521. The zero-order valence-corrected chi connectivity index (χ0v) is 17.5. The second kappa shape index (κ2) is 8.44. The number of methoxy groups -OCH3 is 2. The molecular weight excluding hydrogens is 392 g/mol. The predicted molar refractivity (Wildman–Crippen MR) is 120 cm³/mol. The molecule has 6 heteroatoms. The number of hydrogen-bond donors (Lipinski definition) is 1. The number of aryl methyl sites for hydroxylation is 1. The Hall–Kier alpha value is -3.93. The summed E-state index contributed by atoms with van der Waals surface area (Å²) in [5.74, 6) is 1.49. The number of benzene rings is 3. The van der Waals surface area contributed by atoms with E-state index in [-0.39, 0.29) is 11.3 Å². The van der Waals surface area contributed by atoms with Crippen LogP contribution in [0, 0.1) is 6.92 Å². The number of aromatic hydroxyl groups is 1. The van der Waals surface area contributed by atoms with E-state index in [4.69, 9.17) is 19.5 Å². The fourth-order valence-electron chi connectivity index (χ4n) is 3.54. The number of phenolic OH excluding ortho intramolecular Hbond substituents is 1. The fraction of sp³-hybridized carbons (Fsp3) is 0.160. The van der Waals surface area contributed by atoms with Gasteiger partial charge in [-0.3, -0.25) is 14.8 Å². The van der Waals surface area contributed by atoms with E-state index in [9.17, 15) is 9.90 Å². The molecule has 0 fully saturated rings. The first kappa shape index (κ1) is 20.3. The van der Waals surface area contributed by atoms with E-state index in [2.05, 4.69) is 0 Å². The quantitative estimate of drug-likeness (QED) is 0.602. The number of rotatable bonds is 6. The summed E-state index contributed by atoms with van der Waals surface area (Å²) in [6.07, 6.45) is 0.121. The number of aliphatic imine (C=N–C) groups is 2. The summed E-state index contributed by atoms with van der Waals surface area (Å²) in [6, 6.07) is 18.7. The van der Waals surface area contributed by atoms with Gasteiger partial charge in [-0.15, -0.1) is 0 Å². The summed E-state index contributed by atoms with van der Waals surface area (Å²) in [5, 5.41) is 10.1. The number of carbonyl (C=O) groups is 1. The summed E-state index contributed by atoms with van der Waals surface area (Å²) in [7, 11) is 3.25. The molecule has 0 amide bonds. The van der Waals surface area contributed by atoms with Gasteiger partial charge in [-0.25, -0.2) is 0 Å². The minimum absolute atomic E-state index is 0.0181. The average molecular weight is 414 g/mol. The van der Waals surface area contributed by atoms with Crippen LogP contribution >= 0.6 is 0 Å². The van der Waals surface area contributed by atoms with Crippen molar-refractivity contribution >= 4 is 17.7 Å². The van der Waals surface area contributed by atoms with Gasteiger partial charge in [0.15, 0.2) is 12.5 Å². The highest BCUT2D eigenvalue weighted by Crippen LogP contribution is 2.33. The highest BCUT2D eigenvalue weighted by molar-refractivity contribution is 6.54. The Kier molecular flexibility index (Phi) is 5.54. The molecule has 0 saturated heterocycles. The maximum absolute atomic E-state index is 11.4. The van der Waals surface area contributed by atoms with Crippen LogP contribution in [0.2, 0.25) is 0 Å². The second-order valence-electron chi connectivity index (χ2n) is 7.18. The highest BCUT2D eigenvalue weighted by Gasteiger charge is 2.26. The molecule has 3 aromatic carbocycles. The summed E-state index contributed by atoms with van der Waals surface area (Å²) in [5.41, 5.74) is 4.88. The molecule has 0 unspecified atom stereocenters. The Bertz CT molecular complexity index is 1120. The molecule has 156 valence electrons. The summed E-state index contributed by atoms with van der Waals surface area (Å²) < 4.78 is 10.5. The lowest BCUT2D eigenvalue weighted by molar-refractivity contribution is 0.112. The summed E-state index contributed by atoms with van der Waals surface area (Å²) in [4.78, 5) is 21.1. The Balaban J connectivity index is 1.82. The molecule has 1 aliphatic heterocycles. The first-order valence-electron chi connectivity index (χ1n) is 9.77. The number of nitrogens with zero attached hydrogens (tertiary/aromatic N) is 2. The van der Waals surface area contributed by atoms with E-state index < -0.39 is 6.17 Å². The number of carbonyl (C=O) groups excluding carboxylic acids is 1. The van der Waals surface area contributed by atoms with E-state index in [1.807, 2.05) is 54.6 Å². The molecule has 6 nitrogen and oxygen atoms in total. The zero-order valence-electron chi connectivity index (χ0n) is 17.5. The molecule has 0 atom stereocenters. The molecule has 3 aromatic rings. The number of phenols is 1. The Morgan fingerprint density at radius 3 is 1.74 bits per heavy atom. The Labute approximate surface area is 180 Å². The van der Waals surface area contributed by atoms with Gasteiger partial charge in [-0.05, 0) is 78.7 Å². The van der Waals surface area contributed by atoms with Gasteiger partial charge in [0.25, 0.3) is 0 Å². The monoisotopic (exact) mass is 414 g/mol. The fourth-order valence-corrected chi connectivity index (χ4v) is 3.54. The summed E-state index contributed by atoms with van der Waals surface area (Å²) >= 11 is 0. The van der Waals surface area contributed by atoms with Crippen LogP contribution in [0.3, 0.4) is 0 Å². The van der Waals surface area contributed by atoms with Crippen LogP contribution in [0.25, 0.3) is 0 Å². The molecule has 0 saturated carbocycles. The zero-order chi connectivity index (χ0) is 22.0. The molecular formula is C25H22N2O4. The number of ether oxygens (including phenoxy) is 2. The first-order valence-corrected chi connectivity index (χ1v) is 9.77. The van der Waals surface area contributed by atoms with Crippen molar-refractivity contribution in [3.63, 3.8) is 0 Å². The molecule has 0 spiro atoms. The highest BCUT2D eigenvalue weighted by atomic mass is 16.5. The average Bonchev–Trinajstić information content (AvgIpc) is 3.26. The Morgan fingerprint density at radius 1 is 0.839 bits per heavy atom. The van der Waals surface area contributed by atoms with E-state index >= 15 is 0 Å². The molecule has 0 bridgehead atoms. The second-order valence-corrected chi connectivity index (χ2v) is 7.18. The maximum Gasteiger partial charge on any atom is 0.166 e. The van der Waals surface area contributed by atoms with Crippen molar-refractivity contribution in [2.75, 3.05) is 14.2 Å². The van der Waals surface area contributed by atoms with Crippen molar-refractivity contribution in [1.82, 2.24) is 0 Å². The van der Waals surface area contributed by atoms with Gasteiger partial charge in [0.2, 0.25) is 0 Å². The number of hydrogen-bond acceptors (Lipinski definition) is 6. The predicted octanol–water partition coefficient (Wildman–Crippen LogP) is 4.52. The third-order valence-electron chi connectivity index (χ3n) is 5.23.